The van der Waals surface area contributed by atoms with E-state index in [4.69, 9.17) is 4.98 Å². The number of aryl methyl sites for hydroxylation is 1. The van der Waals surface area contributed by atoms with Crippen molar-refractivity contribution in [3.63, 3.8) is 0 Å². The van der Waals surface area contributed by atoms with Gasteiger partial charge in [-0.1, -0.05) is 17.7 Å². The van der Waals surface area contributed by atoms with Crippen molar-refractivity contribution in [1.82, 2.24) is 15.2 Å². The highest BCUT2D eigenvalue weighted by Crippen LogP contribution is 2.29. The summed E-state index contributed by atoms with van der Waals surface area (Å²) < 4.78 is 0. The summed E-state index contributed by atoms with van der Waals surface area (Å²) in [6.07, 6.45) is 2.45. The summed E-state index contributed by atoms with van der Waals surface area (Å²) in [7, 11) is 2.03. The van der Waals surface area contributed by atoms with Crippen molar-refractivity contribution in [2.75, 3.05) is 25.0 Å². The molecule has 3 rings (SSSR count). The van der Waals surface area contributed by atoms with E-state index >= 15 is 0 Å². The number of likely N-dealkylation sites (N-methyl/N-ethyl adjacent to an activating group) is 1. The number of piperidine rings is 1. The quantitative estimate of drug-likeness (QED) is 0.891. The maximum absolute atomic E-state index is 12.2. The number of thiazole rings is 1. The lowest BCUT2D eigenvalue weighted by atomic mass is 10.1. The van der Waals surface area contributed by atoms with Crippen molar-refractivity contribution in [2.24, 2.45) is 0 Å². The van der Waals surface area contributed by atoms with Crippen LogP contribution in [0.1, 0.15) is 31.0 Å². The SMILES string of the molecule is CNC1CCCN(Cc2csc(N(C(C)=O)c3ccc(C)cc3)n2)C1. The zero-order valence-electron chi connectivity index (χ0n) is 15.2. The molecule has 1 unspecified atom stereocenters. The fraction of sp³-hybridized carbons (Fsp3) is 0.474. The highest BCUT2D eigenvalue weighted by Gasteiger charge is 2.21. The van der Waals surface area contributed by atoms with Crippen molar-refractivity contribution in [3.8, 4) is 0 Å². The van der Waals surface area contributed by atoms with Crippen molar-refractivity contribution in [1.29, 1.82) is 0 Å². The summed E-state index contributed by atoms with van der Waals surface area (Å²) >= 11 is 1.53. The number of benzene rings is 1. The van der Waals surface area contributed by atoms with Gasteiger partial charge in [0.25, 0.3) is 0 Å². The lowest BCUT2D eigenvalue weighted by Gasteiger charge is -2.31. The van der Waals surface area contributed by atoms with Gasteiger partial charge in [-0.15, -0.1) is 11.3 Å². The topological polar surface area (TPSA) is 48.5 Å². The molecule has 6 heteroatoms. The molecule has 1 fully saturated rings. The molecule has 1 atom stereocenters. The van der Waals surface area contributed by atoms with Crippen LogP contribution in [0.2, 0.25) is 0 Å². The molecule has 1 aliphatic heterocycles. The van der Waals surface area contributed by atoms with Gasteiger partial charge < -0.3 is 5.32 Å². The number of nitrogens with zero attached hydrogens (tertiary/aromatic N) is 3. The molecule has 0 saturated carbocycles. The monoisotopic (exact) mass is 358 g/mol. The zero-order valence-corrected chi connectivity index (χ0v) is 16.0. The molecular formula is C19H26N4OS. The first kappa shape index (κ1) is 18.0. The standard InChI is InChI=1S/C19H26N4OS/c1-14-6-8-18(9-7-14)23(15(2)24)19-21-17(13-25-19)12-22-10-4-5-16(11-22)20-3/h6-9,13,16,20H,4-5,10-12H2,1-3H3. The van der Waals surface area contributed by atoms with Gasteiger partial charge in [-0.2, -0.15) is 0 Å². The van der Waals surface area contributed by atoms with Crippen LogP contribution >= 0.6 is 11.3 Å². The van der Waals surface area contributed by atoms with E-state index in [0.717, 1.165) is 36.1 Å². The number of carbonyl (C=O) groups excluding carboxylic acids is 1. The van der Waals surface area contributed by atoms with E-state index in [9.17, 15) is 4.79 Å². The van der Waals surface area contributed by atoms with Crippen LogP contribution in [-0.4, -0.2) is 42.0 Å². The van der Waals surface area contributed by atoms with Gasteiger partial charge in [0.1, 0.15) is 0 Å². The van der Waals surface area contributed by atoms with E-state index in [-0.39, 0.29) is 5.91 Å². The van der Waals surface area contributed by atoms with E-state index in [2.05, 4.69) is 15.6 Å². The van der Waals surface area contributed by atoms with E-state index < -0.39 is 0 Å². The lowest BCUT2D eigenvalue weighted by Crippen LogP contribution is -2.43. The first-order valence-corrected chi connectivity index (χ1v) is 9.66. The number of anilines is 2. The molecule has 5 nitrogen and oxygen atoms in total. The van der Waals surface area contributed by atoms with Gasteiger partial charge in [0.15, 0.2) is 5.13 Å². The predicted octanol–water partition coefficient (Wildman–Crippen LogP) is 3.32. The normalized spacial score (nSPS) is 18.3. The highest BCUT2D eigenvalue weighted by atomic mass is 32.1. The summed E-state index contributed by atoms with van der Waals surface area (Å²) in [6, 6.07) is 8.55. The fourth-order valence-electron chi connectivity index (χ4n) is 3.26. The number of carbonyl (C=O) groups is 1. The zero-order chi connectivity index (χ0) is 17.8. The first-order chi connectivity index (χ1) is 12.1. The highest BCUT2D eigenvalue weighted by molar-refractivity contribution is 7.14. The van der Waals surface area contributed by atoms with Crippen LogP contribution in [-0.2, 0) is 11.3 Å². The number of hydrogen-bond donors (Lipinski definition) is 1. The Morgan fingerprint density at radius 3 is 2.84 bits per heavy atom. The van der Waals surface area contributed by atoms with Crippen LogP contribution < -0.4 is 10.2 Å². The third kappa shape index (κ3) is 4.45. The Morgan fingerprint density at radius 2 is 2.16 bits per heavy atom. The third-order valence-corrected chi connectivity index (χ3v) is 5.51. The maximum Gasteiger partial charge on any atom is 0.230 e. The Balaban J connectivity index is 1.74. The Kier molecular flexibility index (Phi) is 5.83. The molecular weight excluding hydrogens is 332 g/mol. The van der Waals surface area contributed by atoms with E-state index in [0.29, 0.717) is 6.04 Å². The average molecular weight is 359 g/mol. The first-order valence-electron chi connectivity index (χ1n) is 8.78. The molecule has 1 aromatic carbocycles. The summed E-state index contributed by atoms with van der Waals surface area (Å²) in [5.74, 6) is -0.0158. The smallest absolute Gasteiger partial charge is 0.230 e. The van der Waals surface area contributed by atoms with Gasteiger partial charge in [-0.25, -0.2) is 4.98 Å². The second kappa shape index (κ2) is 8.08. The molecule has 1 saturated heterocycles. The Hall–Kier alpha value is -1.76. The Labute approximate surface area is 153 Å². The van der Waals surface area contributed by atoms with Crippen molar-refractivity contribution < 1.29 is 4.79 Å². The van der Waals surface area contributed by atoms with E-state index in [1.54, 1.807) is 11.8 Å². The second-order valence-electron chi connectivity index (χ2n) is 6.67. The number of aromatic nitrogens is 1. The van der Waals surface area contributed by atoms with Gasteiger partial charge in [0.2, 0.25) is 5.91 Å². The van der Waals surface area contributed by atoms with Crippen LogP contribution in [0, 0.1) is 6.92 Å². The fourth-order valence-corrected chi connectivity index (χ4v) is 4.13. The molecule has 2 heterocycles. The van der Waals surface area contributed by atoms with Crippen molar-refractivity contribution in [3.05, 3.63) is 40.9 Å². The predicted molar refractivity (Wildman–Crippen MR) is 103 cm³/mol. The molecule has 1 N–H and O–H groups in total. The third-order valence-electron chi connectivity index (χ3n) is 4.64. The summed E-state index contributed by atoms with van der Waals surface area (Å²) in [5.41, 5.74) is 3.08. The Bertz CT molecular complexity index is 712. The summed E-state index contributed by atoms with van der Waals surface area (Å²) in [5, 5.41) is 6.19. The molecule has 1 amide bonds. The number of nitrogens with one attached hydrogen (secondary N) is 1. The summed E-state index contributed by atoms with van der Waals surface area (Å²) in [6.45, 7) is 6.63. The van der Waals surface area contributed by atoms with Crippen molar-refractivity contribution >= 4 is 28.1 Å². The number of amides is 1. The van der Waals surface area contributed by atoms with Crippen LogP contribution in [0.3, 0.4) is 0 Å². The maximum atomic E-state index is 12.2. The van der Waals surface area contributed by atoms with Crippen LogP contribution in [0.25, 0.3) is 0 Å². The number of hydrogen-bond acceptors (Lipinski definition) is 5. The minimum atomic E-state index is -0.0158. The van der Waals surface area contributed by atoms with E-state index in [1.165, 1.54) is 29.7 Å². The minimum Gasteiger partial charge on any atom is -0.316 e. The number of likely N-dealkylation sites (tertiary alicyclic amines) is 1. The minimum absolute atomic E-state index is 0.0158. The lowest BCUT2D eigenvalue weighted by molar-refractivity contribution is -0.115. The molecule has 0 bridgehead atoms. The van der Waals surface area contributed by atoms with Gasteiger partial charge in [-0.3, -0.25) is 14.6 Å². The summed E-state index contributed by atoms with van der Waals surface area (Å²) in [4.78, 5) is 21.1. The van der Waals surface area contributed by atoms with Gasteiger partial charge in [-0.05, 0) is 45.5 Å². The largest absolute Gasteiger partial charge is 0.316 e. The second-order valence-corrected chi connectivity index (χ2v) is 7.51. The molecule has 25 heavy (non-hydrogen) atoms. The van der Waals surface area contributed by atoms with Gasteiger partial charge in [0, 0.05) is 31.4 Å². The molecule has 2 aromatic rings. The van der Waals surface area contributed by atoms with Gasteiger partial charge in [0.05, 0.1) is 11.4 Å². The molecule has 1 aliphatic rings. The molecule has 0 spiro atoms. The molecule has 0 aliphatic carbocycles. The van der Waals surface area contributed by atoms with Gasteiger partial charge >= 0.3 is 0 Å². The molecule has 1 aromatic heterocycles. The van der Waals surface area contributed by atoms with Crippen LogP contribution in [0.4, 0.5) is 10.8 Å². The Morgan fingerprint density at radius 1 is 1.40 bits per heavy atom. The van der Waals surface area contributed by atoms with Crippen LogP contribution in [0.15, 0.2) is 29.6 Å². The number of rotatable bonds is 5. The molecule has 134 valence electrons. The van der Waals surface area contributed by atoms with Crippen LogP contribution in [0.5, 0.6) is 0 Å². The van der Waals surface area contributed by atoms with E-state index in [1.807, 2.05) is 38.2 Å². The van der Waals surface area contributed by atoms with Crippen molar-refractivity contribution in [2.45, 2.75) is 39.3 Å². The molecule has 0 radical (unpaired) electrons. The average Bonchev–Trinajstić information content (AvgIpc) is 3.04.